The quantitative estimate of drug-likeness (QED) is 0.798. The second-order valence-electron chi connectivity index (χ2n) is 3.98. The maximum absolute atomic E-state index is 11.4. The third-order valence-corrected chi connectivity index (χ3v) is 4.42. The minimum Gasteiger partial charge on any atom is -0.476 e. The average Bonchev–Trinajstić information content (AvgIpc) is 2.65. The number of anilines is 1. The third-order valence-electron chi connectivity index (χ3n) is 2.63. The van der Waals surface area contributed by atoms with Gasteiger partial charge < -0.3 is 14.4 Å². The summed E-state index contributed by atoms with van der Waals surface area (Å²) in [6.45, 7) is 2.00. The van der Waals surface area contributed by atoms with E-state index in [1.165, 1.54) is 0 Å². The summed E-state index contributed by atoms with van der Waals surface area (Å²) >= 11 is 0. The van der Waals surface area contributed by atoms with Crippen LogP contribution in [0.3, 0.4) is 0 Å². The highest BCUT2D eigenvalue weighted by Crippen LogP contribution is 2.20. The van der Waals surface area contributed by atoms with Crippen LogP contribution in [-0.2, 0) is 9.84 Å². The smallest absolute Gasteiger partial charge is 0.357 e. The number of aromatic nitrogens is 1. The van der Waals surface area contributed by atoms with Crippen LogP contribution in [0.2, 0.25) is 0 Å². The molecule has 1 aliphatic heterocycles. The number of aromatic carboxylic acids is 1. The summed E-state index contributed by atoms with van der Waals surface area (Å²) in [7, 11) is -3.01. The highest BCUT2D eigenvalue weighted by atomic mass is 32.2. The van der Waals surface area contributed by atoms with Crippen molar-refractivity contribution in [2.24, 2.45) is 0 Å². The first-order chi connectivity index (χ1) is 7.89. The topological polar surface area (TPSA) is 101 Å². The molecule has 1 aliphatic rings. The maximum atomic E-state index is 11.4. The van der Waals surface area contributed by atoms with Crippen molar-refractivity contribution in [2.75, 3.05) is 23.0 Å². The molecule has 0 bridgehead atoms. The Balaban J connectivity index is 2.20. The lowest BCUT2D eigenvalue weighted by molar-refractivity contribution is 0.0690. The Kier molecular flexibility index (Phi) is 2.82. The van der Waals surface area contributed by atoms with Gasteiger partial charge in [0.1, 0.15) is 6.26 Å². The highest BCUT2D eigenvalue weighted by molar-refractivity contribution is 7.91. The minimum absolute atomic E-state index is 0.0256. The number of sulfone groups is 1. The van der Waals surface area contributed by atoms with Gasteiger partial charge in [0, 0.05) is 12.6 Å². The summed E-state index contributed by atoms with van der Waals surface area (Å²) in [5.74, 6) is -1.11. The fourth-order valence-electron chi connectivity index (χ4n) is 1.78. The zero-order valence-corrected chi connectivity index (χ0v) is 9.98. The van der Waals surface area contributed by atoms with Crippen LogP contribution >= 0.6 is 0 Å². The number of hydrogen-bond acceptors (Lipinski definition) is 6. The van der Waals surface area contributed by atoms with Crippen LogP contribution in [0.25, 0.3) is 0 Å². The molecule has 1 saturated heterocycles. The molecule has 0 radical (unpaired) electrons. The summed E-state index contributed by atoms with van der Waals surface area (Å²) in [5.41, 5.74) is -0.180. The van der Waals surface area contributed by atoms with Gasteiger partial charge in [-0.25, -0.2) is 13.2 Å². The molecule has 0 saturated carbocycles. The molecule has 0 aliphatic carbocycles. The molecule has 17 heavy (non-hydrogen) atoms. The van der Waals surface area contributed by atoms with E-state index < -0.39 is 15.8 Å². The van der Waals surface area contributed by atoms with Crippen LogP contribution in [0.1, 0.15) is 17.4 Å². The van der Waals surface area contributed by atoms with Crippen molar-refractivity contribution in [1.82, 2.24) is 4.98 Å². The summed E-state index contributed by atoms with van der Waals surface area (Å²) < 4.78 is 27.8. The largest absolute Gasteiger partial charge is 0.476 e. The number of carboxylic acid groups (broad SMARTS) is 1. The van der Waals surface area contributed by atoms with E-state index >= 15 is 0 Å². The number of rotatable bonds is 2. The summed E-state index contributed by atoms with van der Waals surface area (Å²) in [5, 5.41) is 8.71. The fourth-order valence-corrected chi connectivity index (χ4v) is 3.33. The van der Waals surface area contributed by atoms with Gasteiger partial charge in [-0.3, -0.25) is 0 Å². The van der Waals surface area contributed by atoms with Crippen LogP contribution in [-0.4, -0.2) is 48.6 Å². The lowest BCUT2D eigenvalue weighted by atomic mass is 10.3. The third kappa shape index (κ3) is 2.41. The van der Waals surface area contributed by atoms with Gasteiger partial charge >= 0.3 is 5.97 Å². The minimum atomic E-state index is -3.01. The average molecular weight is 260 g/mol. The molecule has 2 rings (SSSR count). The Labute approximate surface area is 98.0 Å². The van der Waals surface area contributed by atoms with Crippen molar-refractivity contribution >= 4 is 21.8 Å². The Morgan fingerprint density at radius 3 is 2.88 bits per heavy atom. The van der Waals surface area contributed by atoms with Crippen LogP contribution in [0, 0.1) is 0 Å². The van der Waals surface area contributed by atoms with Crippen molar-refractivity contribution in [3.63, 3.8) is 0 Å². The Morgan fingerprint density at radius 1 is 1.65 bits per heavy atom. The number of oxazole rings is 1. The molecular weight excluding hydrogens is 248 g/mol. The van der Waals surface area contributed by atoms with Gasteiger partial charge in [-0.1, -0.05) is 0 Å². The Morgan fingerprint density at radius 2 is 2.35 bits per heavy atom. The molecule has 7 nitrogen and oxygen atoms in total. The van der Waals surface area contributed by atoms with Crippen molar-refractivity contribution in [3.05, 3.63) is 12.0 Å². The standard InChI is InChI=1S/C9H12N2O5S/c1-6-5-17(14,15)3-2-11(6)9-10-7(4-16-9)8(12)13/h4,6H,2-3,5H2,1H3,(H,12,13). The number of nitrogens with zero attached hydrogens (tertiary/aromatic N) is 2. The van der Waals surface area contributed by atoms with Crippen LogP contribution < -0.4 is 4.90 Å². The molecule has 1 aromatic rings. The van der Waals surface area contributed by atoms with Crippen LogP contribution in [0.4, 0.5) is 6.01 Å². The first-order valence-corrected chi connectivity index (χ1v) is 6.87. The van der Waals surface area contributed by atoms with E-state index in [0.717, 1.165) is 6.26 Å². The van der Waals surface area contributed by atoms with Crippen molar-refractivity contribution in [3.8, 4) is 0 Å². The Hall–Kier alpha value is -1.57. The monoisotopic (exact) mass is 260 g/mol. The predicted molar refractivity (Wildman–Crippen MR) is 58.9 cm³/mol. The van der Waals surface area contributed by atoms with Gasteiger partial charge in [0.25, 0.3) is 6.01 Å². The predicted octanol–water partition coefficient (Wildman–Crippen LogP) is -0.00390. The lowest BCUT2D eigenvalue weighted by Crippen LogP contribution is -2.47. The first kappa shape index (κ1) is 11.9. The molecular formula is C9H12N2O5S. The van der Waals surface area contributed by atoms with E-state index in [1.807, 2.05) is 0 Å². The van der Waals surface area contributed by atoms with Gasteiger partial charge in [0.15, 0.2) is 15.5 Å². The molecule has 1 unspecified atom stereocenters. The van der Waals surface area contributed by atoms with Gasteiger partial charge in [-0.05, 0) is 6.92 Å². The second-order valence-corrected chi connectivity index (χ2v) is 6.21. The SMILES string of the molecule is CC1CS(=O)(=O)CCN1c1nc(C(=O)O)co1. The van der Waals surface area contributed by atoms with E-state index in [0.29, 0.717) is 0 Å². The van der Waals surface area contributed by atoms with Crippen LogP contribution in [0.5, 0.6) is 0 Å². The second kappa shape index (κ2) is 4.02. The normalized spacial score (nSPS) is 23.6. The lowest BCUT2D eigenvalue weighted by Gasteiger charge is -2.31. The first-order valence-electron chi connectivity index (χ1n) is 5.05. The molecule has 94 valence electrons. The number of carboxylic acids is 1. The van der Waals surface area contributed by atoms with E-state index in [2.05, 4.69) is 4.98 Å². The van der Waals surface area contributed by atoms with E-state index in [-0.39, 0.29) is 35.8 Å². The summed E-state index contributed by atoms with van der Waals surface area (Å²) in [4.78, 5) is 16.1. The number of hydrogen-bond donors (Lipinski definition) is 1. The fraction of sp³-hybridized carbons (Fsp3) is 0.556. The summed E-state index contributed by atoms with van der Waals surface area (Å²) in [6, 6.07) is -0.112. The van der Waals surface area contributed by atoms with Crippen molar-refractivity contribution in [1.29, 1.82) is 0 Å². The molecule has 2 heterocycles. The van der Waals surface area contributed by atoms with E-state index in [1.54, 1.807) is 11.8 Å². The van der Waals surface area contributed by atoms with Gasteiger partial charge in [-0.15, -0.1) is 0 Å². The molecule has 0 spiro atoms. The van der Waals surface area contributed by atoms with Gasteiger partial charge in [-0.2, -0.15) is 4.98 Å². The van der Waals surface area contributed by atoms with Crippen molar-refractivity contribution < 1.29 is 22.7 Å². The molecule has 1 atom stereocenters. The molecule has 0 amide bonds. The maximum Gasteiger partial charge on any atom is 0.357 e. The Bertz CT molecular complexity index is 535. The molecule has 8 heteroatoms. The molecule has 1 fully saturated rings. The van der Waals surface area contributed by atoms with E-state index in [4.69, 9.17) is 9.52 Å². The van der Waals surface area contributed by atoms with E-state index in [9.17, 15) is 13.2 Å². The molecule has 1 N–H and O–H groups in total. The number of carbonyl (C=O) groups is 1. The zero-order valence-electron chi connectivity index (χ0n) is 9.16. The highest BCUT2D eigenvalue weighted by Gasteiger charge is 2.31. The molecule has 1 aromatic heterocycles. The van der Waals surface area contributed by atoms with Gasteiger partial charge in [0.2, 0.25) is 0 Å². The van der Waals surface area contributed by atoms with Gasteiger partial charge in [0.05, 0.1) is 11.5 Å². The molecule has 0 aromatic carbocycles. The van der Waals surface area contributed by atoms with Crippen molar-refractivity contribution in [2.45, 2.75) is 13.0 Å². The zero-order chi connectivity index (χ0) is 12.6. The summed E-state index contributed by atoms with van der Waals surface area (Å²) in [6.07, 6.45) is 1.05. The van der Waals surface area contributed by atoms with Crippen LogP contribution in [0.15, 0.2) is 10.7 Å².